The number of unbranched alkanes of at least 4 members (excludes halogenated alkanes) is 1. The normalized spacial score (nSPS) is 10.1. The molecule has 0 N–H and O–H groups in total. The molecule has 2 nitrogen and oxygen atoms in total. The third-order valence-corrected chi connectivity index (χ3v) is 2.43. The Hall–Kier alpha value is -0.730. The molecule has 15 heavy (non-hydrogen) atoms. The molecule has 0 aliphatic carbocycles. The van der Waals surface area contributed by atoms with Crippen LogP contribution in [0.15, 0.2) is 18.2 Å². The molecular formula is C11H12Cl2O2. The monoisotopic (exact) mass is 246 g/mol. The average molecular weight is 247 g/mol. The highest BCUT2D eigenvalue weighted by molar-refractivity contribution is 6.67. The van der Waals surface area contributed by atoms with E-state index < -0.39 is 5.24 Å². The van der Waals surface area contributed by atoms with Gasteiger partial charge in [0.1, 0.15) is 5.75 Å². The highest BCUT2D eigenvalue weighted by Gasteiger charge is 2.06. The Bertz CT molecular complexity index is 350. The Balaban J connectivity index is 2.70. The van der Waals surface area contributed by atoms with Gasteiger partial charge in [0.2, 0.25) is 0 Å². The van der Waals surface area contributed by atoms with Gasteiger partial charge in [-0.2, -0.15) is 0 Å². The summed E-state index contributed by atoms with van der Waals surface area (Å²) in [4.78, 5) is 10.8. The maximum atomic E-state index is 10.8. The first-order valence-corrected chi connectivity index (χ1v) is 5.53. The number of hydrogen-bond acceptors (Lipinski definition) is 2. The lowest BCUT2D eigenvalue weighted by Gasteiger charge is -2.07. The van der Waals surface area contributed by atoms with Gasteiger partial charge in [-0.1, -0.05) is 24.9 Å². The number of carbonyl (C=O) groups excluding carboxylic acids is 1. The molecule has 0 fully saturated rings. The molecule has 1 aromatic rings. The van der Waals surface area contributed by atoms with Crippen LogP contribution in [-0.4, -0.2) is 11.8 Å². The van der Waals surface area contributed by atoms with E-state index in [1.807, 2.05) is 0 Å². The molecule has 0 atom stereocenters. The molecule has 0 bridgehead atoms. The van der Waals surface area contributed by atoms with Gasteiger partial charge in [0.15, 0.2) is 0 Å². The quantitative estimate of drug-likeness (QED) is 0.582. The van der Waals surface area contributed by atoms with Crippen molar-refractivity contribution in [2.75, 3.05) is 6.61 Å². The minimum absolute atomic E-state index is 0.379. The van der Waals surface area contributed by atoms with Crippen molar-refractivity contribution in [1.82, 2.24) is 0 Å². The van der Waals surface area contributed by atoms with E-state index >= 15 is 0 Å². The van der Waals surface area contributed by atoms with Crippen LogP contribution < -0.4 is 4.74 Å². The maximum Gasteiger partial charge on any atom is 0.252 e. The number of benzene rings is 1. The molecule has 4 heteroatoms. The van der Waals surface area contributed by atoms with Crippen LogP contribution in [0.2, 0.25) is 5.02 Å². The summed E-state index contributed by atoms with van der Waals surface area (Å²) >= 11 is 11.2. The summed E-state index contributed by atoms with van der Waals surface area (Å²) < 4.78 is 5.43. The van der Waals surface area contributed by atoms with Crippen molar-refractivity contribution in [3.05, 3.63) is 28.8 Å². The largest absolute Gasteiger partial charge is 0.492 e. The van der Waals surface area contributed by atoms with Crippen molar-refractivity contribution >= 4 is 28.4 Å². The first-order valence-electron chi connectivity index (χ1n) is 4.77. The fraction of sp³-hybridized carbons (Fsp3) is 0.364. The van der Waals surface area contributed by atoms with E-state index in [2.05, 4.69) is 6.92 Å². The maximum absolute atomic E-state index is 10.8. The SMILES string of the molecule is CCCCOc1ccc(C(=O)Cl)cc1Cl. The zero-order valence-corrected chi connectivity index (χ0v) is 9.94. The van der Waals surface area contributed by atoms with E-state index in [-0.39, 0.29) is 0 Å². The van der Waals surface area contributed by atoms with Crippen molar-refractivity contribution in [1.29, 1.82) is 0 Å². The lowest BCUT2D eigenvalue weighted by atomic mass is 10.2. The van der Waals surface area contributed by atoms with Gasteiger partial charge in [-0.05, 0) is 36.2 Å². The number of halogens is 2. The molecule has 0 saturated heterocycles. The molecule has 0 saturated carbocycles. The highest BCUT2D eigenvalue weighted by Crippen LogP contribution is 2.26. The van der Waals surface area contributed by atoms with E-state index in [1.54, 1.807) is 12.1 Å². The first-order chi connectivity index (χ1) is 7.15. The van der Waals surface area contributed by atoms with Crippen LogP contribution in [0, 0.1) is 0 Å². The topological polar surface area (TPSA) is 26.3 Å². The summed E-state index contributed by atoms with van der Waals surface area (Å²) in [5, 5.41) is -0.102. The second-order valence-electron chi connectivity index (χ2n) is 3.12. The van der Waals surface area contributed by atoms with Crippen molar-refractivity contribution in [3.63, 3.8) is 0 Å². The Morgan fingerprint density at radius 1 is 1.47 bits per heavy atom. The summed E-state index contributed by atoms with van der Waals surface area (Å²) in [6.07, 6.45) is 2.04. The minimum Gasteiger partial charge on any atom is -0.492 e. The van der Waals surface area contributed by atoms with Crippen molar-refractivity contribution in [3.8, 4) is 5.75 Å². The van der Waals surface area contributed by atoms with Crippen LogP contribution in [0.5, 0.6) is 5.75 Å². The number of carbonyl (C=O) groups is 1. The number of rotatable bonds is 5. The van der Waals surface area contributed by atoms with Gasteiger partial charge in [-0.25, -0.2) is 0 Å². The Kier molecular flexibility index (Phi) is 4.92. The first kappa shape index (κ1) is 12.3. The molecule has 0 aliphatic heterocycles. The Labute approximate surface area is 99.1 Å². The predicted octanol–water partition coefficient (Wildman–Crippen LogP) is 3.90. The molecule has 0 aromatic heterocycles. The van der Waals surface area contributed by atoms with Gasteiger partial charge in [0.25, 0.3) is 5.24 Å². The van der Waals surface area contributed by atoms with Gasteiger partial charge < -0.3 is 4.74 Å². The summed E-state index contributed by atoms with van der Waals surface area (Å²) in [6, 6.07) is 4.77. The van der Waals surface area contributed by atoms with Crippen LogP contribution in [0.25, 0.3) is 0 Å². The number of ether oxygens (including phenoxy) is 1. The average Bonchev–Trinajstić information content (AvgIpc) is 2.20. The van der Waals surface area contributed by atoms with Crippen LogP contribution in [0.3, 0.4) is 0 Å². The number of hydrogen-bond donors (Lipinski definition) is 0. The van der Waals surface area contributed by atoms with E-state index in [4.69, 9.17) is 27.9 Å². The molecule has 82 valence electrons. The van der Waals surface area contributed by atoms with Gasteiger partial charge >= 0.3 is 0 Å². The third kappa shape index (κ3) is 3.73. The van der Waals surface area contributed by atoms with Crippen molar-refractivity contribution in [2.24, 2.45) is 0 Å². The van der Waals surface area contributed by atoms with Crippen LogP contribution in [-0.2, 0) is 0 Å². The zero-order chi connectivity index (χ0) is 11.3. The third-order valence-electron chi connectivity index (χ3n) is 1.91. The van der Waals surface area contributed by atoms with E-state index in [0.717, 1.165) is 12.8 Å². The van der Waals surface area contributed by atoms with Gasteiger partial charge in [0, 0.05) is 5.56 Å². The fourth-order valence-electron chi connectivity index (χ4n) is 1.07. The van der Waals surface area contributed by atoms with Gasteiger partial charge in [-0.3, -0.25) is 4.79 Å². The molecule has 0 unspecified atom stereocenters. The highest BCUT2D eigenvalue weighted by atomic mass is 35.5. The molecule has 0 aliphatic rings. The van der Waals surface area contributed by atoms with E-state index in [1.165, 1.54) is 6.07 Å². The van der Waals surface area contributed by atoms with Crippen LogP contribution in [0.1, 0.15) is 30.1 Å². The second-order valence-corrected chi connectivity index (χ2v) is 3.87. The molecule has 0 radical (unpaired) electrons. The van der Waals surface area contributed by atoms with E-state index in [0.29, 0.717) is 22.9 Å². The summed E-state index contributed by atoms with van der Waals surface area (Å²) in [5.74, 6) is 0.590. The molecule has 1 aromatic carbocycles. The van der Waals surface area contributed by atoms with Crippen LogP contribution in [0.4, 0.5) is 0 Å². The zero-order valence-electron chi connectivity index (χ0n) is 8.43. The Morgan fingerprint density at radius 3 is 2.73 bits per heavy atom. The minimum atomic E-state index is -0.517. The molecule has 0 spiro atoms. The predicted molar refractivity (Wildman–Crippen MR) is 62.0 cm³/mol. The standard InChI is InChI=1S/C11H12Cl2O2/c1-2-3-6-15-10-5-4-8(11(13)14)7-9(10)12/h4-5,7H,2-3,6H2,1H3. The van der Waals surface area contributed by atoms with Gasteiger partial charge in [0.05, 0.1) is 11.6 Å². The lowest BCUT2D eigenvalue weighted by molar-refractivity contribution is 0.108. The second kappa shape index (κ2) is 5.99. The smallest absolute Gasteiger partial charge is 0.252 e. The van der Waals surface area contributed by atoms with E-state index in [9.17, 15) is 4.79 Å². The van der Waals surface area contributed by atoms with Crippen molar-refractivity contribution in [2.45, 2.75) is 19.8 Å². The van der Waals surface area contributed by atoms with Crippen molar-refractivity contribution < 1.29 is 9.53 Å². The van der Waals surface area contributed by atoms with Crippen LogP contribution >= 0.6 is 23.2 Å². The molecular weight excluding hydrogens is 235 g/mol. The fourth-order valence-corrected chi connectivity index (χ4v) is 1.42. The Morgan fingerprint density at radius 2 is 2.20 bits per heavy atom. The molecule has 0 amide bonds. The summed E-state index contributed by atoms with van der Waals surface area (Å²) in [6.45, 7) is 2.71. The molecule has 1 rings (SSSR count). The summed E-state index contributed by atoms with van der Waals surface area (Å²) in [7, 11) is 0. The summed E-state index contributed by atoms with van der Waals surface area (Å²) in [5.41, 5.74) is 0.379. The molecule has 0 heterocycles. The van der Waals surface area contributed by atoms with Gasteiger partial charge in [-0.15, -0.1) is 0 Å². The lowest BCUT2D eigenvalue weighted by Crippen LogP contribution is -1.98.